The van der Waals surface area contributed by atoms with Crippen molar-refractivity contribution in [1.82, 2.24) is 9.97 Å². The van der Waals surface area contributed by atoms with Crippen LogP contribution in [0.3, 0.4) is 0 Å². The second-order valence-electron chi connectivity index (χ2n) is 8.93. The first-order valence-corrected chi connectivity index (χ1v) is 12.7. The summed E-state index contributed by atoms with van der Waals surface area (Å²) >= 11 is 0. The molecule has 12 heteroatoms. The highest BCUT2D eigenvalue weighted by Crippen LogP contribution is 2.32. The standard InChI is InChI=1S/C24H27FN4O6S/c1-13-4-3-5-15(6-13)7-16-9-20(35-14(16)2)23(31)18-10-27-12-28-24(18)29-19-8-17(22(30)21(19)25)11-34-36(26,32)33/h3-6,9-10,12,17,19,21-22,30H,7-8,11H2,1-2H3,(H2,26,32,33)(H,27,28,29)/t17-,19-,21-,22-/m1/s1. The predicted molar refractivity (Wildman–Crippen MR) is 128 cm³/mol. The Morgan fingerprint density at radius 2 is 2.11 bits per heavy atom. The van der Waals surface area contributed by atoms with Crippen molar-refractivity contribution in [3.05, 3.63) is 76.6 Å². The van der Waals surface area contributed by atoms with Crippen molar-refractivity contribution in [2.75, 3.05) is 11.9 Å². The number of nitrogens with one attached hydrogen (secondary N) is 1. The summed E-state index contributed by atoms with van der Waals surface area (Å²) in [7, 11) is -4.23. The van der Waals surface area contributed by atoms with Crippen molar-refractivity contribution >= 4 is 21.9 Å². The minimum absolute atomic E-state index is 0.0238. The van der Waals surface area contributed by atoms with E-state index in [4.69, 9.17) is 9.56 Å². The maximum Gasteiger partial charge on any atom is 0.333 e. The molecule has 0 bridgehead atoms. The number of aromatic nitrogens is 2. The fraction of sp³-hybridized carbons (Fsp3) is 0.375. The molecule has 1 aromatic carbocycles. The van der Waals surface area contributed by atoms with Crippen LogP contribution < -0.4 is 10.5 Å². The van der Waals surface area contributed by atoms with Crippen molar-refractivity contribution in [1.29, 1.82) is 0 Å². The van der Waals surface area contributed by atoms with E-state index in [9.17, 15) is 22.7 Å². The molecule has 36 heavy (non-hydrogen) atoms. The van der Waals surface area contributed by atoms with Gasteiger partial charge in [-0.3, -0.25) is 8.98 Å². The lowest BCUT2D eigenvalue weighted by Gasteiger charge is -2.17. The van der Waals surface area contributed by atoms with Crippen LogP contribution in [0.2, 0.25) is 0 Å². The summed E-state index contributed by atoms with van der Waals surface area (Å²) in [6.45, 7) is 3.31. The molecule has 4 N–H and O–H groups in total. The van der Waals surface area contributed by atoms with Crippen LogP contribution >= 0.6 is 0 Å². The van der Waals surface area contributed by atoms with Crippen molar-refractivity contribution in [2.24, 2.45) is 11.1 Å². The van der Waals surface area contributed by atoms with Crippen LogP contribution in [-0.2, 0) is 20.9 Å². The second-order valence-corrected chi connectivity index (χ2v) is 10.2. The van der Waals surface area contributed by atoms with Gasteiger partial charge in [0.05, 0.1) is 24.3 Å². The quantitative estimate of drug-likeness (QED) is 0.361. The third-order valence-electron chi connectivity index (χ3n) is 6.20. The lowest BCUT2D eigenvalue weighted by Crippen LogP contribution is -2.33. The van der Waals surface area contributed by atoms with E-state index in [-0.39, 0.29) is 23.6 Å². The molecular weight excluding hydrogens is 491 g/mol. The minimum atomic E-state index is -4.23. The van der Waals surface area contributed by atoms with E-state index in [1.54, 1.807) is 13.0 Å². The Morgan fingerprint density at radius 3 is 2.83 bits per heavy atom. The number of furan rings is 1. The summed E-state index contributed by atoms with van der Waals surface area (Å²) < 4.78 is 47.1. The molecule has 10 nitrogen and oxygen atoms in total. The van der Waals surface area contributed by atoms with E-state index >= 15 is 0 Å². The molecule has 1 aliphatic carbocycles. The van der Waals surface area contributed by atoms with Crippen molar-refractivity contribution in [3.8, 4) is 0 Å². The van der Waals surface area contributed by atoms with Crippen molar-refractivity contribution in [2.45, 2.75) is 45.0 Å². The number of nitrogens with zero attached hydrogens (tertiary/aromatic N) is 2. The lowest BCUT2D eigenvalue weighted by atomic mass is 10.0. The van der Waals surface area contributed by atoms with Gasteiger partial charge in [-0.15, -0.1) is 0 Å². The molecule has 192 valence electrons. The first-order chi connectivity index (χ1) is 17.0. The number of hydrogen-bond donors (Lipinski definition) is 3. The van der Waals surface area contributed by atoms with Crippen LogP contribution in [0, 0.1) is 19.8 Å². The highest BCUT2D eigenvalue weighted by molar-refractivity contribution is 7.84. The van der Waals surface area contributed by atoms with Gasteiger partial charge in [0, 0.05) is 18.5 Å². The maximum atomic E-state index is 14.8. The lowest BCUT2D eigenvalue weighted by molar-refractivity contribution is 0.0501. The first kappa shape index (κ1) is 25.9. The fourth-order valence-corrected chi connectivity index (χ4v) is 4.71. The maximum absolute atomic E-state index is 14.8. The topological polar surface area (TPSA) is 158 Å². The number of hydrogen-bond acceptors (Lipinski definition) is 9. The molecule has 0 saturated heterocycles. The zero-order valence-electron chi connectivity index (χ0n) is 19.7. The molecule has 3 aromatic rings. The molecule has 1 fully saturated rings. The molecule has 0 unspecified atom stereocenters. The average molecular weight is 519 g/mol. The van der Waals surface area contributed by atoms with Crippen molar-refractivity contribution in [3.63, 3.8) is 0 Å². The summed E-state index contributed by atoms with van der Waals surface area (Å²) in [5, 5.41) is 17.9. The average Bonchev–Trinajstić information content (AvgIpc) is 3.31. The second kappa shape index (κ2) is 10.4. The molecule has 0 aliphatic heterocycles. The largest absolute Gasteiger partial charge is 0.458 e. The van der Waals surface area contributed by atoms with E-state index in [0.29, 0.717) is 12.2 Å². The Hall–Kier alpha value is -3.19. The normalized spacial score (nSPS) is 22.0. The summed E-state index contributed by atoms with van der Waals surface area (Å²) in [5.41, 5.74) is 3.14. The smallest absolute Gasteiger partial charge is 0.333 e. The summed E-state index contributed by atoms with van der Waals surface area (Å²) in [6, 6.07) is 8.75. The summed E-state index contributed by atoms with van der Waals surface area (Å²) in [4.78, 5) is 21.3. The Balaban J connectivity index is 1.51. The first-order valence-electron chi connectivity index (χ1n) is 11.3. The molecule has 1 saturated carbocycles. The fourth-order valence-electron chi connectivity index (χ4n) is 4.35. The highest BCUT2D eigenvalue weighted by atomic mass is 32.2. The van der Waals surface area contributed by atoms with Crippen LogP contribution in [0.4, 0.5) is 10.2 Å². The van der Waals surface area contributed by atoms with Gasteiger partial charge in [-0.25, -0.2) is 19.5 Å². The monoisotopic (exact) mass is 518 g/mol. The SMILES string of the molecule is Cc1cccc(Cc2cc(C(=O)c3cncnc3N[C@@H]3C[C@H](COS(N)(=O)=O)[C@@H](O)[C@@H]3F)oc2C)c1. The zero-order chi connectivity index (χ0) is 26.0. The Labute approximate surface area is 208 Å². The van der Waals surface area contributed by atoms with Gasteiger partial charge in [0.15, 0.2) is 5.76 Å². The van der Waals surface area contributed by atoms with E-state index < -0.39 is 46.9 Å². The van der Waals surface area contributed by atoms with Crippen molar-refractivity contribution < 1.29 is 31.3 Å². The Kier molecular flexibility index (Phi) is 7.50. The van der Waals surface area contributed by atoms with Crippen LogP contribution in [-0.4, -0.2) is 54.2 Å². The molecule has 2 heterocycles. The van der Waals surface area contributed by atoms with Gasteiger partial charge in [-0.2, -0.15) is 8.42 Å². The summed E-state index contributed by atoms with van der Waals surface area (Å²) in [5.74, 6) is -0.548. The number of aryl methyl sites for hydroxylation is 2. The summed E-state index contributed by atoms with van der Waals surface area (Å²) in [6.07, 6.45) is -0.125. The van der Waals surface area contributed by atoms with Gasteiger partial charge in [0.1, 0.15) is 24.1 Å². The number of alkyl halides is 1. The number of carbonyl (C=O) groups is 1. The number of carbonyl (C=O) groups excluding carboxylic acids is 1. The number of halogens is 1. The Bertz CT molecular complexity index is 1360. The minimum Gasteiger partial charge on any atom is -0.458 e. The van der Waals surface area contributed by atoms with Crippen LogP contribution in [0.1, 0.15) is 45.0 Å². The van der Waals surface area contributed by atoms with Gasteiger partial charge in [0.25, 0.3) is 0 Å². The molecule has 4 atom stereocenters. The number of nitrogens with two attached hydrogens (primary N) is 1. The van der Waals surface area contributed by atoms with E-state index in [0.717, 1.165) is 16.7 Å². The molecular formula is C24H27FN4O6S. The number of ketones is 1. The van der Waals surface area contributed by atoms with Crippen LogP contribution in [0.25, 0.3) is 0 Å². The van der Waals surface area contributed by atoms with Crippen LogP contribution in [0.5, 0.6) is 0 Å². The van der Waals surface area contributed by atoms with Gasteiger partial charge in [-0.1, -0.05) is 29.8 Å². The zero-order valence-corrected chi connectivity index (χ0v) is 20.5. The number of anilines is 1. The number of aliphatic hydroxyl groups is 1. The van der Waals surface area contributed by atoms with Gasteiger partial charge < -0.3 is 14.8 Å². The van der Waals surface area contributed by atoms with Gasteiger partial charge in [0.2, 0.25) is 5.78 Å². The van der Waals surface area contributed by atoms with Gasteiger partial charge >= 0.3 is 10.3 Å². The number of rotatable bonds is 9. The molecule has 0 amide bonds. The molecule has 4 rings (SSSR count). The number of aliphatic hydroxyl groups excluding tert-OH is 1. The molecule has 2 aromatic heterocycles. The number of benzene rings is 1. The van der Waals surface area contributed by atoms with E-state index in [1.807, 2.05) is 25.1 Å². The third kappa shape index (κ3) is 5.95. The van der Waals surface area contributed by atoms with E-state index in [2.05, 4.69) is 25.5 Å². The molecule has 0 spiro atoms. The van der Waals surface area contributed by atoms with E-state index in [1.165, 1.54) is 12.5 Å². The molecule has 1 aliphatic rings. The molecule has 0 radical (unpaired) electrons. The van der Waals surface area contributed by atoms with Gasteiger partial charge in [-0.05, 0) is 37.5 Å². The predicted octanol–water partition coefficient (Wildman–Crippen LogP) is 2.23. The third-order valence-corrected chi connectivity index (χ3v) is 6.66. The highest BCUT2D eigenvalue weighted by Gasteiger charge is 2.44. The Morgan fingerprint density at radius 1 is 1.33 bits per heavy atom. The van der Waals surface area contributed by atoms with Crippen LogP contribution in [0.15, 0.2) is 47.3 Å².